The van der Waals surface area contributed by atoms with E-state index in [-0.39, 0.29) is 0 Å². The molecule has 0 aliphatic heterocycles. The first-order valence-corrected chi connectivity index (χ1v) is 4.12. The molecule has 1 aromatic rings. The van der Waals surface area contributed by atoms with Crippen LogP contribution in [0.5, 0.6) is 5.75 Å². The lowest BCUT2D eigenvalue weighted by Crippen LogP contribution is -1.84. The van der Waals surface area contributed by atoms with Crippen molar-refractivity contribution in [1.82, 2.24) is 0 Å². The minimum Gasteiger partial charge on any atom is -0.504 e. The van der Waals surface area contributed by atoms with Crippen LogP contribution in [0.15, 0.2) is 30.5 Å². The van der Waals surface area contributed by atoms with Gasteiger partial charge in [0.2, 0.25) is 0 Å². The first-order chi connectivity index (χ1) is 6.27. The molecule has 0 heterocycles. The van der Waals surface area contributed by atoms with Crippen LogP contribution >= 0.6 is 0 Å². The smallest absolute Gasteiger partial charge is 0.118 e. The molecule has 1 rings (SSSR count). The molecule has 1 aromatic carbocycles. The number of methoxy groups -OCH3 is 2. The molecule has 0 aromatic heterocycles. The molecular weight excluding hydrogens is 164 g/mol. The van der Waals surface area contributed by atoms with E-state index in [1.807, 2.05) is 31.2 Å². The molecule has 13 heavy (non-hydrogen) atoms. The van der Waals surface area contributed by atoms with Crippen molar-refractivity contribution in [2.75, 3.05) is 14.2 Å². The summed E-state index contributed by atoms with van der Waals surface area (Å²) in [5.74, 6) is 0.869. The van der Waals surface area contributed by atoms with Crippen LogP contribution < -0.4 is 4.74 Å². The van der Waals surface area contributed by atoms with Crippen molar-refractivity contribution in [2.24, 2.45) is 0 Å². The molecule has 0 amide bonds. The zero-order valence-electron chi connectivity index (χ0n) is 8.20. The van der Waals surface area contributed by atoms with E-state index < -0.39 is 0 Å². The van der Waals surface area contributed by atoms with Gasteiger partial charge < -0.3 is 9.47 Å². The van der Waals surface area contributed by atoms with E-state index in [0.717, 1.165) is 16.9 Å². The first-order valence-electron chi connectivity index (χ1n) is 4.12. The zero-order valence-corrected chi connectivity index (χ0v) is 8.20. The molecule has 0 radical (unpaired) electrons. The van der Waals surface area contributed by atoms with Gasteiger partial charge in [-0.15, -0.1) is 0 Å². The van der Waals surface area contributed by atoms with Crippen LogP contribution in [-0.4, -0.2) is 14.2 Å². The number of benzene rings is 1. The third-order valence-corrected chi connectivity index (χ3v) is 1.84. The highest BCUT2D eigenvalue weighted by molar-refractivity contribution is 5.63. The summed E-state index contributed by atoms with van der Waals surface area (Å²) in [6.07, 6.45) is 1.72. The second kappa shape index (κ2) is 4.55. The number of hydrogen-bond acceptors (Lipinski definition) is 2. The third-order valence-electron chi connectivity index (χ3n) is 1.84. The van der Waals surface area contributed by atoms with Crippen molar-refractivity contribution in [3.63, 3.8) is 0 Å². The van der Waals surface area contributed by atoms with Gasteiger partial charge in [-0.1, -0.05) is 12.1 Å². The van der Waals surface area contributed by atoms with Gasteiger partial charge >= 0.3 is 0 Å². The molecule has 0 N–H and O–H groups in total. The van der Waals surface area contributed by atoms with E-state index in [4.69, 9.17) is 9.47 Å². The summed E-state index contributed by atoms with van der Waals surface area (Å²) in [4.78, 5) is 0. The molecule has 2 heteroatoms. The van der Waals surface area contributed by atoms with Crippen LogP contribution in [0.3, 0.4) is 0 Å². The predicted octanol–water partition coefficient (Wildman–Crippen LogP) is 2.70. The highest BCUT2D eigenvalue weighted by Crippen LogP contribution is 2.17. The Bertz CT molecular complexity index is 285. The van der Waals surface area contributed by atoms with Gasteiger partial charge in [-0.05, 0) is 30.2 Å². The fourth-order valence-corrected chi connectivity index (χ4v) is 1.10. The maximum atomic E-state index is 5.06. The van der Waals surface area contributed by atoms with Crippen LogP contribution in [0.2, 0.25) is 0 Å². The average molecular weight is 178 g/mol. The highest BCUT2D eigenvalue weighted by atomic mass is 16.5. The zero-order chi connectivity index (χ0) is 9.68. The molecule has 70 valence electrons. The lowest BCUT2D eigenvalue weighted by atomic mass is 10.1. The summed E-state index contributed by atoms with van der Waals surface area (Å²) in [6, 6.07) is 7.87. The molecule has 0 spiro atoms. The Morgan fingerprint density at radius 2 is 1.77 bits per heavy atom. The van der Waals surface area contributed by atoms with Crippen LogP contribution in [0, 0.1) is 0 Å². The normalized spacial score (nSPS) is 11.2. The molecular formula is C11H14O2. The monoisotopic (exact) mass is 178 g/mol. The molecule has 0 aliphatic carbocycles. The molecule has 0 aliphatic rings. The van der Waals surface area contributed by atoms with Crippen molar-refractivity contribution < 1.29 is 9.47 Å². The maximum Gasteiger partial charge on any atom is 0.118 e. The van der Waals surface area contributed by atoms with Crippen molar-refractivity contribution in [3.8, 4) is 5.75 Å². The molecule has 0 saturated heterocycles. The van der Waals surface area contributed by atoms with Crippen molar-refractivity contribution in [1.29, 1.82) is 0 Å². The van der Waals surface area contributed by atoms with Crippen molar-refractivity contribution >= 4 is 5.57 Å². The summed E-state index contributed by atoms with van der Waals surface area (Å²) in [6.45, 7) is 2.01. The summed E-state index contributed by atoms with van der Waals surface area (Å²) in [5.41, 5.74) is 2.24. The van der Waals surface area contributed by atoms with E-state index >= 15 is 0 Å². The summed E-state index contributed by atoms with van der Waals surface area (Å²) in [7, 11) is 3.31. The van der Waals surface area contributed by atoms with Crippen LogP contribution in [0.4, 0.5) is 0 Å². The molecule has 0 atom stereocenters. The van der Waals surface area contributed by atoms with Gasteiger partial charge in [-0.25, -0.2) is 0 Å². The minimum absolute atomic E-state index is 0.869. The Balaban J connectivity index is 2.85. The Morgan fingerprint density at radius 1 is 1.15 bits per heavy atom. The minimum atomic E-state index is 0.869. The summed E-state index contributed by atoms with van der Waals surface area (Å²) in [5, 5.41) is 0. The predicted molar refractivity (Wildman–Crippen MR) is 53.7 cm³/mol. The van der Waals surface area contributed by atoms with Gasteiger partial charge in [0.15, 0.2) is 0 Å². The lowest BCUT2D eigenvalue weighted by Gasteiger charge is -2.03. The Kier molecular flexibility index (Phi) is 3.38. The Morgan fingerprint density at radius 3 is 2.23 bits per heavy atom. The van der Waals surface area contributed by atoms with Crippen molar-refractivity contribution in [2.45, 2.75) is 6.92 Å². The Hall–Kier alpha value is -1.44. The average Bonchev–Trinajstić information content (AvgIpc) is 2.18. The molecule has 0 bridgehead atoms. The van der Waals surface area contributed by atoms with Gasteiger partial charge in [0.1, 0.15) is 5.75 Å². The molecule has 0 fully saturated rings. The van der Waals surface area contributed by atoms with E-state index in [2.05, 4.69) is 0 Å². The second-order valence-electron chi connectivity index (χ2n) is 2.77. The topological polar surface area (TPSA) is 18.5 Å². The van der Waals surface area contributed by atoms with E-state index in [9.17, 15) is 0 Å². The third kappa shape index (κ3) is 2.51. The van der Waals surface area contributed by atoms with E-state index in [1.165, 1.54) is 0 Å². The standard InChI is InChI=1S/C11H14O2/c1-9(8-12-2)10-4-6-11(13-3)7-5-10/h4-8H,1-3H3/b9-8+. The largest absolute Gasteiger partial charge is 0.504 e. The first kappa shape index (κ1) is 9.65. The lowest BCUT2D eigenvalue weighted by molar-refractivity contribution is 0.339. The fraction of sp³-hybridized carbons (Fsp3) is 0.273. The van der Waals surface area contributed by atoms with Crippen LogP contribution in [-0.2, 0) is 4.74 Å². The number of hydrogen-bond donors (Lipinski definition) is 0. The summed E-state index contributed by atoms with van der Waals surface area (Å²) < 4.78 is 9.98. The molecule has 0 saturated carbocycles. The van der Waals surface area contributed by atoms with Gasteiger partial charge in [-0.2, -0.15) is 0 Å². The quantitative estimate of drug-likeness (QED) is 0.662. The summed E-state index contributed by atoms with van der Waals surface area (Å²) >= 11 is 0. The van der Waals surface area contributed by atoms with Crippen molar-refractivity contribution in [3.05, 3.63) is 36.1 Å². The number of allylic oxidation sites excluding steroid dienone is 1. The SMILES string of the molecule is CO/C=C(\C)c1ccc(OC)cc1. The van der Waals surface area contributed by atoms with Gasteiger partial charge in [0, 0.05) is 0 Å². The molecule has 2 nitrogen and oxygen atoms in total. The second-order valence-corrected chi connectivity index (χ2v) is 2.77. The molecule has 0 unspecified atom stereocenters. The number of rotatable bonds is 3. The van der Waals surface area contributed by atoms with Crippen LogP contribution in [0.25, 0.3) is 5.57 Å². The van der Waals surface area contributed by atoms with Gasteiger partial charge in [0.05, 0.1) is 20.5 Å². The Labute approximate surface area is 78.8 Å². The van der Waals surface area contributed by atoms with Crippen LogP contribution in [0.1, 0.15) is 12.5 Å². The highest BCUT2D eigenvalue weighted by Gasteiger charge is 1.95. The van der Waals surface area contributed by atoms with E-state index in [0.29, 0.717) is 0 Å². The maximum absolute atomic E-state index is 5.06. The van der Waals surface area contributed by atoms with E-state index in [1.54, 1.807) is 20.5 Å². The fourth-order valence-electron chi connectivity index (χ4n) is 1.10. The number of ether oxygens (including phenoxy) is 2. The van der Waals surface area contributed by atoms with Gasteiger partial charge in [0.25, 0.3) is 0 Å². The van der Waals surface area contributed by atoms with Gasteiger partial charge in [-0.3, -0.25) is 0 Å².